The maximum absolute atomic E-state index is 14.6. The standard InChI is InChI=1S/C33H46BrN3O5S/c1-7-17-35(22-13-15-23(16-14-22)42-9-3)29(39)25-26-30(40)36(19-11-10-12-20-38)28(33(26)21-24(34)27(25)43-33)31(41)37(18-8-2)32(4,5)6/h7-8,13-16,24-28,38H,1-2,9-12,17-21H2,3-6H3/t24?,25-,26+,27-,28?,33?/m1/s1. The highest BCUT2D eigenvalue weighted by Gasteiger charge is 2.76. The third kappa shape index (κ3) is 6.29. The Balaban J connectivity index is 1.75. The van der Waals surface area contributed by atoms with Crippen LogP contribution in [-0.4, -0.2) is 91.9 Å². The topological polar surface area (TPSA) is 90.4 Å². The first-order valence-electron chi connectivity index (χ1n) is 15.3. The van der Waals surface area contributed by atoms with Gasteiger partial charge in [-0.25, -0.2) is 0 Å². The molecule has 4 rings (SSSR count). The van der Waals surface area contributed by atoms with Crippen LogP contribution >= 0.6 is 27.7 Å². The molecule has 0 aromatic heterocycles. The molecule has 3 amide bonds. The van der Waals surface area contributed by atoms with Crippen molar-refractivity contribution in [2.24, 2.45) is 11.8 Å². The van der Waals surface area contributed by atoms with Gasteiger partial charge in [-0.1, -0.05) is 28.1 Å². The molecule has 1 aromatic carbocycles. The molecule has 3 heterocycles. The first-order valence-corrected chi connectivity index (χ1v) is 17.1. The number of thioether (sulfide) groups is 1. The van der Waals surface area contributed by atoms with Crippen molar-refractivity contribution in [3.05, 3.63) is 49.6 Å². The molecule has 1 N–H and O–H groups in total. The Morgan fingerprint density at radius 1 is 1.14 bits per heavy atom. The molecule has 3 aliphatic heterocycles. The number of unbranched alkanes of at least 4 members (excludes halogenated alkanes) is 2. The van der Waals surface area contributed by atoms with Gasteiger partial charge in [-0.15, -0.1) is 24.9 Å². The molecule has 3 unspecified atom stereocenters. The first kappa shape index (κ1) is 33.6. The predicted octanol–water partition coefficient (Wildman–Crippen LogP) is 5.04. The Labute approximate surface area is 269 Å². The van der Waals surface area contributed by atoms with Gasteiger partial charge in [-0.3, -0.25) is 14.4 Å². The number of carbonyl (C=O) groups excluding carboxylic acids is 3. The number of likely N-dealkylation sites (tertiary alicyclic amines) is 1. The van der Waals surface area contributed by atoms with Gasteiger partial charge in [-0.2, -0.15) is 0 Å². The van der Waals surface area contributed by atoms with Crippen LogP contribution in [0.5, 0.6) is 5.75 Å². The van der Waals surface area contributed by atoms with Gasteiger partial charge in [0.25, 0.3) is 0 Å². The van der Waals surface area contributed by atoms with Crippen LogP contribution in [0.2, 0.25) is 0 Å². The molecule has 236 valence electrons. The Bertz CT molecular complexity index is 1200. The third-order valence-corrected chi connectivity index (χ3v) is 12.0. The normalized spacial score (nSPS) is 27.6. The quantitative estimate of drug-likeness (QED) is 0.169. The van der Waals surface area contributed by atoms with Crippen LogP contribution in [0.25, 0.3) is 0 Å². The van der Waals surface area contributed by atoms with Gasteiger partial charge < -0.3 is 24.5 Å². The highest BCUT2D eigenvalue weighted by molar-refractivity contribution is 9.09. The number of hydrogen-bond acceptors (Lipinski definition) is 6. The van der Waals surface area contributed by atoms with E-state index in [-0.39, 0.29) is 34.4 Å². The van der Waals surface area contributed by atoms with Crippen LogP contribution in [0.1, 0.15) is 53.4 Å². The summed E-state index contributed by atoms with van der Waals surface area (Å²) in [5.74, 6) is -0.829. The largest absolute Gasteiger partial charge is 0.494 e. The first-order chi connectivity index (χ1) is 20.5. The van der Waals surface area contributed by atoms with Crippen LogP contribution in [0, 0.1) is 11.8 Å². The molecule has 0 saturated carbocycles. The van der Waals surface area contributed by atoms with E-state index in [2.05, 4.69) is 29.1 Å². The Morgan fingerprint density at radius 2 is 1.81 bits per heavy atom. The van der Waals surface area contributed by atoms with Crippen molar-refractivity contribution in [3.8, 4) is 5.75 Å². The fourth-order valence-electron chi connectivity index (χ4n) is 6.99. The Morgan fingerprint density at radius 3 is 2.40 bits per heavy atom. The van der Waals surface area contributed by atoms with Gasteiger partial charge in [0.15, 0.2) is 0 Å². The summed E-state index contributed by atoms with van der Waals surface area (Å²) >= 11 is 5.53. The maximum Gasteiger partial charge on any atom is 0.247 e. The summed E-state index contributed by atoms with van der Waals surface area (Å²) in [7, 11) is 0. The molecule has 8 nitrogen and oxygen atoms in total. The minimum absolute atomic E-state index is 0.0199. The fourth-order valence-corrected chi connectivity index (χ4v) is 10.6. The molecule has 6 atom stereocenters. The predicted molar refractivity (Wildman–Crippen MR) is 177 cm³/mol. The highest BCUT2D eigenvalue weighted by atomic mass is 79.9. The minimum Gasteiger partial charge on any atom is -0.494 e. The van der Waals surface area contributed by atoms with Crippen LogP contribution in [0.15, 0.2) is 49.6 Å². The van der Waals surface area contributed by atoms with E-state index in [1.807, 2.05) is 56.9 Å². The van der Waals surface area contributed by atoms with E-state index in [1.165, 1.54) is 0 Å². The number of ether oxygens (including phenoxy) is 1. The van der Waals surface area contributed by atoms with Crippen molar-refractivity contribution < 1.29 is 24.2 Å². The SMILES string of the molecule is C=CCN(C(=O)[C@H]1[C@@H]2SC3(CC2Br)C(C(=O)N(CC=C)C(C)(C)C)N(CCCCCO)C(=O)[C@H]13)c1ccc(OCC)cc1. The van der Waals surface area contributed by atoms with Gasteiger partial charge in [-0.05, 0) is 77.6 Å². The number of amides is 3. The third-order valence-electron chi connectivity index (χ3n) is 8.79. The Kier molecular flexibility index (Phi) is 10.8. The number of carbonyl (C=O) groups is 3. The number of alkyl halides is 1. The molecular weight excluding hydrogens is 630 g/mol. The van der Waals surface area contributed by atoms with Crippen molar-refractivity contribution in [2.45, 2.75) is 79.8 Å². The zero-order chi connectivity index (χ0) is 31.5. The molecule has 1 spiro atoms. The fraction of sp³-hybridized carbons (Fsp3) is 0.606. The molecule has 1 aromatic rings. The zero-order valence-electron chi connectivity index (χ0n) is 25.8. The highest BCUT2D eigenvalue weighted by Crippen LogP contribution is 2.68. The lowest BCUT2D eigenvalue weighted by Gasteiger charge is -2.42. The number of anilines is 1. The van der Waals surface area contributed by atoms with Crippen molar-refractivity contribution in [3.63, 3.8) is 0 Å². The van der Waals surface area contributed by atoms with E-state index in [0.29, 0.717) is 51.2 Å². The van der Waals surface area contributed by atoms with Gasteiger partial charge in [0.2, 0.25) is 17.7 Å². The molecule has 3 aliphatic rings. The molecular formula is C33H46BrN3O5S. The number of benzene rings is 1. The number of halogens is 1. The smallest absolute Gasteiger partial charge is 0.247 e. The molecule has 3 fully saturated rings. The Hall–Kier alpha value is -2.30. The summed E-state index contributed by atoms with van der Waals surface area (Å²) in [6.07, 6.45) is 6.11. The summed E-state index contributed by atoms with van der Waals surface area (Å²) < 4.78 is 4.87. The van der Waals surface area contributed by atoms with E-state index in [0.717, 1.165) is 12.2 Å². The molecule has 43 heavy (non-hydrogen) atoms. The zero-order valence-corrected chi connectivity index (χ0v) is 28.2. The second-order valence-corrected chi connectivity index (χ2v) is 15.3. The van der Waals surface area contributed by atoms with Crippen molar-refractivity contribution in [2.75, 3.05) is 37.7 Å². The summed E-state index contributed by atoms with van der Waals surface area (Å²) in [6, 6.07) is 6.72. The van der Waals surface area contributed by atoms with Crippen LogP contribution < -0.4 is 9.64 Å². The van der Waals surface area contributed by atoms with Crippen molar-refractivity contribution >= 4 is 51.1 Å². The van der Waals surface area contributed by atoms with Crippen molar-refractivity contribution in [1.82, 2.24) is 9.80 Å². The number of aliphatic hydroxyl groups is 1. The lowest BCUT2D eigenvalue weighted by Crippen LogP contribution is -2.59. The maximum atomic E-state index is 14.6. The van der Waals surface area contributed by atoms with Gasteiger partial charge >= 0.3 is 0 Å². The minimum atomic E-state index is -0.729. The van der Waals surface area contributed by atoms with Crippen molar-refractivity contribution in [1.29, 1.82) is 0 Å². The molecule has 10 heteroatoms. The summed E-state index contributed by atoms with van der Waals surface area (Å²) in [4.78, 5) is 48.9. The number of hydrogen-bond donors (Lipinski definition) is 1. The van der Waals surface area contributed by atoms with Gasteiger partial charge in [0.05, 0.1) is 23.2 Å². The van der Waals surface area contributed by atoms with E-state index in [1.54, 1.807) is 33.7 Å². The van der Waals surface area contributed by atoms with E-state index in [4.69, 9.17) is 4.74 Å². The van der Waals surface area contributed by atoms with E-state index >= 15 is 0 Å². The van der Waals surface area contributed by atoms with Crippen LogP contribution in [-0.2, 0) is 14.4 Å². The lowest BCUT2D eigenvalue weighted by molar-refractivity contribution is -0.145. The van der Waals surface area contributed by atoms with Crippen LogP contribution in [0.4, 0.5) is 5.69 Å². The molecule has 0 radical (unpaired) electrons. The molecule has 2 bridgehead atoms. The number of aliphatic hydroxyl groups excluding tert-OH is 1. The summed E-state index contributed by atoms with van der Waals surface area (Å²) in [6.45, 7) is 17.4. The monoisotopic (exact) mass is 675 g/mol. The van der Waals surface area contributed by atoms with Gasteiger partial charge in [0, 0.05) is 47.5 Å². The van der Waals surface area contributed by atoms with Crippen LogP contribution in [0.3, 0.4) is 0 Å². The summed E-state index contributed by atoms with van der Waals surface area (Å²) in [5.41, 5.74) is 0.231. The van der Waals surface area contributed by atoms with E-state index in [9.17, 15) is 19.5 Å². The molecule has 3 saturated heterocycles. The van der Waals surface area contributed by atoms with E-state index < -0.39 is 28.2 Å². The summed E-state index contributed by atoms with van der Waals surface area (Å²) in [5, 5.41) is 9.18. The average molecular weight is 677 g/mol. The average Bonchev–Trinajstić information content (AvgIpc) is 3.55. The molecule has 0 aliphatic carbocycles. The second-order valence-electron chi connectivity index (χ2n) is 12.6. The number of rotatable bonds is 14. The number of nitrogens with zero attached hydrogens (tertiary/aromatic N) is 3. The van der Waals surface area contributed by atoms with Gasteiger partial charge in [0.1, 0.15) is 11.8 Å². The second kappa shape index (κ2) is 13.8. The lowest BCUT2D eigenvalue weighted by atomic mass is 9.70. The number of fused-ring (bicyclic) bond motifs is 1.